The second-order valence-corrected chi connectivity index (χ2v) is 4.79. The molecule has 0 fully saturated rings. The standard InChI is InChI=1S/C14H24N2O/c1-4-12(2)14(17)11-16(3)10-8-13-7-5-6-9-15-13/h5-7,9,12,14,17H,4,8,10-11H2,1-3H3. The number of nitrogens with zero attached hydrogens (tertiary/aromatic N) is 2. The summed E-state index contributed by atoms with van der Waals surface area (Å²) in [6, 6.07) is 5.98. The number of aromatic nitrogens is 1. The zero-order valence-electron chi connectivity index (χ0n) is 11.1. The Hall–Kier alpha value is -0.930. The molecule has 0 saturated carbocycles. The van der Waals surface area contributed by atoms with Gasteiger partial charge in [-0.15, -0.1) is 0 Å². The molecular formula is C14H24N2O. The van der Waals surface area contributed by atoms with Crippen LogP contribution in [-0.2, 0) is 6.42 Å². The minimum atomic E-state index is -0.228. The predicted molar refractivity (Wildman–Crippen MR) is 70.9 cm³/mol. The van der Waals surface area contributed by atoms with Gasteiger partial charge in [-0.3, -0.25) is 4.98 Å². The van der Waals surface area contributed by atoms with E-state index < -0.39 is 0 Å². The second kappa shape index (κ2) is 7.41. The topological polar surface area (TPSA) is 36.4 Å². The van der Waals surface area contributed by atoms with Crippen molar-refractivity contribution in [2.45, 2.75) is 32.8 Å². The summed E-state index contributed by atoms with van der Waals surface area (Å²) in [4.78, 5) is 6.46. The zero-order chi connectivity index (χ0) is 12.7. The lowest BCUT2D eigenvalue weighted by Gasteiger charge is -2.23. The van der Waals surface area contributed by atoms with E-state index in [0.29, 0.717) is 5.92 Å². The van der Waals surface area contributed by atoms with Gasteiger partial charge in [-0.2, -0.15) is 0 Å². The van der Waals surface area contributed by atoms with Crippen LogP contribution in [0.1, 0.15) is 26.0 Å². The first kappa shape index (κ1) is 14.1. The normalized spacial score (nSPS) is 14.9. The molecule has 0 aliphatic carbocycles. The summed E-state index contributed by atoms with van der Waals surface area (Å²) in [6.07, 6.45) is 3.55. The quantitative estimate of drug-likeness (QED) is 0.786. The molecule has 96 valence electrons. The molecule has 1 N–H and O–H groups in total. The van der Waals surface area contributed by atoms with Gasteiger partial charge in [0.25, 0.3) is 0 Å². The highest BCUT2D eigenvalue weighted by atomic mass is 16.3. The average Bonchev–Trinajstić information content (AvgIpc) is 2.36. The van der Waals surface area contributed by atoms with E-state index in [2.05, 4.69) is 30.8 Å². The fourth-order valence-electron chi connectivity index (χ4n) is 1.71. The molecule has 0 aliphatic rings. The predicted octanol–water partition coefficient (Wildman–Crippen LogP) is 1.96. The molecule has 3 nitrogen and oxygen atoms in total. The van der Waals surface area contributed by atoms with E-state index in [0.717, 1.165) is 31.6 Å². The molecular weight excluding hydrogens is 212 g/mol. The van der Waals surface area contributed by atoms with Crippen LogP contribution in [0, 0.1) is 5.92 Å². The number of rotatable bonds is 7. The Labute approximate surface area is 104 Å². The fraction of sp³-hybridized carbons (Fsp3) is 0.643. The fourth-order valence-corrected chi connectivity index (χ4v) is 1.71. The SMILES string of the molecule is CCC(C)C(O)CN(C)CCc1ccccn1. The number of hydrogen-bond donors (Lipinski definition) is 1. The molecule has 0 aromatic carbocycles. The van der Waals surface area contributed by atoms with Crippen LogP contribution < -0.4 is 0 Å². The van der Waals surface area contributed by atoms with E-state index >= 15 is 0 Å². The summed E-state index contributed by atoms with van der Waals surface area (Å²) >= 11 is 0. The third-order valence-corrected chi connectivity index (χ3v) is 3.28. The van der Waals surface area contributed by atoms with E-state index in [-0.39, 0.29) is 6.10 Å². The second-order valence-electron chi connectivity index (χ2n) is 4.79. The van der Waals surface area contributed by atoms with Crippen molar-refractivity contribution in [1.82, 2.24) is 9.88 Å². The molecule has 0 radical (unpaired) electrons. The first-order valence-electron chi connectivity index (χ1n) is 6.40. The summed E-state index contributed by atoms with van der Waals surface area (Å²) in [5.41, 5.74) is 1.11. The van der Waals surface area contributed by atoms with Crippen molar-refractivity contribution in [1.29, 1.82) is 0 Å². The monoisotopic (exact) mass is 236 g/mol. The smallest absolute Gasteiger partial charge is 0.0692 e. The number of aliphatic hydroxyl groups excluding tert-OH is 1. The summed E-state index contributed by atoms with van der Waals surface area (Å²) in [5.74, 6) is 0.368. The van der Waals surface area contributed by atoms with Gasteiger partial charge in [-0.1, -0.05) is 26.3 Å². The molecule has 2 atom stereocenters. The first-order chi connectivity index (χ1) is 8.13. The van der Waals surface area contributed by atoms with Crippen molar-refractivity contribution in [2.75, 3.05) is 20.1 Å². The van der Waals surface area contributed by atoms with Crippen molar-refractivity contribution in [3.63, 3.8) is 0 Å². The highest BCUT2D eigenvalue weighted by molar-refractivity contribution is 5.03. The van der Waals surface area contributed by atoms with Crippen molar-refractivity contribution in [3.05, 3.63) is 30.1 Å². The number of aliphatic hydroxyl groups is 1. The summed E-state index contributed by atoms with van der Waals surface area (Å²) in [6.45, 7) is 5.88. The van der Waals surface area contributed by atoms with E-state index in [1.54, 1.807) is 0 Å². The Morgan fingerprint density at radius 2 is 2.18 bits per heavy atom. The van der Waals surface area contributed by atoms with Crippen LogP contribution in [0.2, 0.25) is 0 Å². The molecule has 0 spiro atoms. The Morgan fingerprint density at radius 3 is 2.76 bits per heavy atom. The van der Waals surface area contributed by atoms with Gasteiger partial charge >= 0.3 is 0 Å². The molecule has 1 rings (SSSR count). The number of hydrogen-bond acceptors (Lipinski definition) is 3. The van der Waals surface area contributed by atoms with Gasteiger partial charge in [0.1, 0.15) is 0 Å². The summed E-state index contributed by atoms with van der Waals surface area (Å²) in [5, 5.41) is 9.93. The van der Waals surface area contributed by atoms with E-state index in [1.165, 1.54) is 0 Å². The van der Waals surface area contributed by atoms with E-state index in [4.69, 9.17) is 0 Å². The first-order valence-corrected chi connectivity index (χ1v) is 6.40. The van der Waals surface area contributed by atoms with E-state index in [1.807, 2.05) is 24.4 Å². The average molecular weight is 236 g/mol. The molecule has 3 heteroatoms. The molecule has 17 heavy (non-hydrogen) atoms. The van der Waals surface area contributed by atoms with Crippen LogP contribution in [0.5, 0.6) is 0 Å². The maximum absolute atomic E-state index is 9.93. The minimum absolute atomic E-state index is 0.228. The van der Waals surface area contributed by atoms with Crippen molar-refractivity contribution in [2.24, 2.45) is 5.92 Å². The van der Waals surface area contributed by atoms with Gasteiger partial charge in [0.15, 0.2) is 0 Å². The molecule has 0 bridgehead atoms. The molecule has 0 aliphatic heterocycles. The van der Waals surface area contributed by atoms with Crippen molar-refractivity contribution >= 4 is 0 Å². The lowest BCUT2D eigenvalue weighted by Crippen LogP contribution is -2.34. The lowest BCUT2D eigenvalue weighted by atomic mass is 10.0. The Kier molecular flexibility index (Phi) is 6.16. The van der Waals surface area contributed by atoms with Crippen LogP contribution in [0.15, 0.2) is 24.4 Å². The maximum atomic E-state index is 9.93. The van der Waals surface area contributed by atoms with Crippen LogP contribution in [0.4, 0.5) is 0 Å². The van der Waals surface area contributed by atoms with Gasteiger partial charge in [0, 0.05) is 31.4 Å². The molecule has 1 heterocycles. The largest absolute Gasteiger partial charge is 0.392 e. The minimum Gasteiger partial charge on any atom is -0.392 e. The highest BCUT2D eigenvalue weighted by Gasteiger charge is 2.14. The third kappa shape index (κ3) is 5.29. The van der Waals surface area contributed by atoms with Gasteiger partial charge in [-0.25, -0.2) is 0 Å². The van der Waals surface area contributed by atoms with Crippen molar-refractivity contribution < 1.29 is 5.11 Å². The zero-order valence-corrected chi connectivity index (χ0v) is 11.1. The van der Waals surface area contributed by atoms with Crippen LogP contribution in [-0.4, -0.2) is 41.2 Å². The Bertz CT molecular complexity index is 302. The Morgan fingerprint density at radius 1 is 1.41 bits per heavy atom. The summed E-state index contributed by atoms with van der Waals surface area (Å²) < 4.78 is 0. The highest BCUT2D eigenvalue weighted by Crippen LogP contribution is 2.08. The third-order valence-electron chi connectivity index (χ3n) is 3.28. The van der Waals surface area contributed by atoms with E-state index in [9.17, 15) is 5.11 Å². The molecule has 1 aromatic rings. The number of likely N-dealkylation sites (N-methyl/N-ethyl adjacent to an activating group) is 1. The van der Waals surface area contributed by atoms with Gasteiger partial charge in [0.05, 0.1) is 6.10 Å². The number of pyridine rings is 1. The van der Waals surface area contributed by atoms with Crippen LogP contribution >= 0.6 is 0 Å². The lowest BCUT2D eigenvalue weighted by molar-refractivity contribution is 0.0780. The van der Waals surface area contributed by atoms with Gasteiger partial charge in [0.2, 0.25) is 0 Å². The van der Waals surface area contributed by atoms with Gasteiger partial charge < -0.3 is 10.0 Å². The van der Waals surface area contributed by atoms with Gasteiger partial charge in [-0.05, 0) is 25.1 Å². The van der Waals surface area contributed by atoms with Crippen molar-refractivity contribution in [3.8, 4) is 0 Å². The van der Waals surface area contributed by atoms with Crippen LogP contribution in [0.3, 0.4) is 0 Å². The van der Waals surface area contributed by atoms with Crippen LogP contribution in [0.25, 0.3) is 0 Å². The molecule has 0 saturated heterocycles. The molecule has 0 amide bonds. The molecule has 1 aromatic heterocycles. The molecule has 2 unspecified atom stereocenters. The summed E-state index contributed by atoms with van der Waals surface area (Å²) in [7, 11) is 2.05. The Balaban J connectivity index is 2.28. The maximum Gasteiger partial charge on any atom is 0.0692 e.